The summed E-state index contributed by atoms with van der Waals surface area (Å²) in [6.45, 7) is 4.13. The van der Waals surface area contributed by atoms with Crippen molar-refractivity contribution in [3.8, 4) is 0 Å². The lowest BCUT2D eigenvalue weighted by Crippen LogP contribution is -2.34. The van der Waals surface area contributed by atoms with E-state index in [0.717, 1.165) is 38.5 Å². The number of carbonyl (C=O) groups is 1. The lowest BCUT2D eigenvalue weighted by molar-refractivity contribution is -0.119. The fraction of sp³-hybridized carbons (Fsp3) is 0.550. The lowest BCUT2D eigenvalue weighted by Gasteiger charge is -2.19. The molecule has 1 aromatic heterocycles. The van der Waals surface area contributed by atoms with Crippen molar-refractivity contribution >= 4 is 28.6 Å². The normalized spacial score (nSPS) is 16.1. The van der Waals surface area contributed by atoms with Crippen LogP contribution in [0.15, 0.2) is 34.2 Å². The van der Waals surface area contributed by atoms with Crippen LogP contribution in [-0.4, -0.2) is 27.3 Å². The van der Waals surface area contributed by atoms with Crippen molar-refractivity contribution in [3.63, 3.8) is 0 Å². The Balaban J connectivity index is 1.85. The molecular weight excluding hydrogens is 346 g/mol. The van der Waals surface area contributed by atoms with E-state index in [2.05, 4.69) is 12.2 Å². The highest BCUT2D eigenvalue weighted by molar-refractivity contribution is 7.99. The molecule has 1 atom stereocenters. The summed E-state index contributed by atoms with van der Waals surface area (Å²) < 4.78 is 1.84. The molecule has 1 fully saturated rings. The largest absolute Gasteiger partial charge is 0.353 e. The number of fused-ring (bicyclic) bond motifs is 1. The first kappa shape index (κ1) is 19.0. The summed E-state index contributed by atoms with van der Waals surface area (Å²) in [7, 11) is 0. The van der Waals surface area contributed by atoms with E-state index in [1.165, 1.54) is 11.8 Å². The van der Waals surface area contributed by atoms with Gasteiger partial charge in [0.2, 0.25) is 5.91 Å². The molecule has 3 rings (SSSR count). The molecule has 1 aromatic carbocycles. The molecule has 6 heteroatoms. The van der Waals surface area contributed by atoms with Crippen LogP contribution in [-0.2, 0) is 4.79 Å². The van der Waals surface area contributed by atoms with Crippen molar-refractivity contribution < 1.29 is 4.79 Å². The Hall–Kier alpha value is -1.82. The predicted octanol–water partition coefficient (Wildman–Crippen LogP) is 3.91. The van der Waals surface area contributed by atoms with E-state index in [4.69, 9.17) is 4.98 Å². The Labute approximate surface area is 158 Å². The van der Waals surface area contributed by atoms with Crippen molar-refractivity contribution in [2.45, 2.75) is 69.6 Å². The third-order valence-electron chi connectivity index (χ3n) is 4.93. The molecule has 1 aliphatic carbocycles. The van der Waals surface area contributed by atoms with Crippen LogP contribution in [0, 0.1) is 0 Å². The number of thioether (sulfide) groups is 1. The van der Waals surface area contributed by atoms with Gasteiger partial charge in [-0.25, -0.2) is 4.98 Å². The maximum Gasteiger partial charge on any atom is 0.262 e. The van der Waals surface area contributed by atoms with Crippen LogP contribution in [0.5, 0.6) is 0 Å². The fourth-order valence-electron chi connectivity index (χ4n) is 3.66. The van der Waals surface area contributed by atoms with E-state index in [9.17, 15) is 9.59 Å². The van der Waals surface area contributed by atoms with Crippen LogP contribution < -0.4 is 10.9 Å². The Morgan fingerprint density at radius 1 is 1.35 bits per heavy atom. The molecule has 5 nitrogen and oxygen atoms in total. The standard InChI is InChI=1S/C20H27N3O2S/c1-3-8-14(2)21-18(24)13-26-20-22-17-12-7-6-11-16(17)19(25)23(20)15-9-4-5-10-15/h6-7,11-12,14-15H,3-5,8-10,13H2,1-2H3,(H,21,24)/t14-/m1/s1. The first-order chi connectivity index (χ1) is 12.6. The van der Waals surface area contributed by atoms with E-state index in [-0.39, 0.29) is 29.3 Å². The zero-order valence-electron chi connectivity index (χ0n) is 15.5. The molecule has 26 heavy (non-hydrogen) atoms. The highest BCUT2D eigenvalue weighted by Gasteiger charge is 2.23. The number of para-hydroxylation sites is 1. The smallest absolute Gasteiger partial charge is 0.262 e. The van der Waals surface area contributed by atoms with E-state index in [1.807, 2.05) is 35.8 Å². The number of hydrogen-bond donors (Lipinski definition) is 1. The van der Waals surface area contributed by atoms with Gasteiger partial charge in [0.25, 0.3) is 5.56 Å². The second-order valence-corrected chi connectivity index (χ2v) is 8.01. The Morgan fingerprint density at radius 2 is 2.08 bits per heavy atom. The summed E-state index contributed by atoms with van der Waals surface area (Å²) in [6, 6.07) is 7.84. The predicted molar refractivity (Wildman–Crippen MR) is 107 cm³/mol. The topological polar surface area (TPSA) is 64.0 Å². The molecule has 1 aliphatic rings. The maximum atomic E-state index is 13.1. The molecule has 0 aliphatic heterocycles. The maximum absolute atomic E-state index is 13.1. The zero-order chi connectivity index (χ0) is 18.5. The summed E-state index contributed by atoms with van der Waals surface area (Å²) in [6.07, 6.45) is 6.31. The second-order valence-electron chi connectivity index (χ2n) is 7.07. The van der Waals surface area contributed by atoms with E-state index >= 15 is 0 Å². The van der Waals surface area contributed by atoms with Gasteiger partial charge in [-0.2, -0.15) is 0 Å². The molecule has 1 heterocycles. The minimum Gasteiger partial charge on any atom is -0.353 e. The van der Waals surface area contributed by atoms with Gasteiger partial charge in [-0.3, -0.25) is 14.2 Å². The zero-order valence-corrected chi connectivity index (χ0v) is 16.3. The third kappa shape index (κ3) is 4.29. The number of nitrogens with one attached hydrogen (secondary N) is 1. The molecular formula is C20H27N3O2S. The number of rotatable bonds is 7. The van der Waals surface area contributed by atoms with Crippen LogP contribution in [0.4, 0.5) is 0 Å². The van der Waals surface area contributed by atoms with Crippen LogP contribution in [0.1, 0.15) is 58.4 Å². The summed E-state index contributed by atoms with van der Waals surface area (Å²) in [5.74, 6) is 0.280. The van der Waals surface area contributed by atoms with Crippen LogP contribution in [0.2, 0.25) is 0 Å². The van der Waals surface area contributed by atoms with Gasteiger partial charge in [0.15, 0.2) is 5.16 Å². The van der Waals surface area contributed by atoms with Crippen molar-refractivity contribution in [3.05, 3.63) is 34.6 Å². The molecule has 1 N–H and O–H groups in total. The van der Waals surface area contributed by atoms with Crippen molar-refractivity contribution in [1.82, 2.24) is 14.9 Å². The molecule has 2 aromatic rings. The molecule has 1 amide bonds. The summed E-state index contributed by atoms with van der Waals surface area (Å²) >= 11 is 1.37. The monoisotopic (exact) mass is 373 g/mol. The third-order valence-corrected chi connectivity index (χ3v) is 5.88. The van der Waals surface area contributed by atoms with E-state index in [1.54, 1.807) is 0 Å². The molecule has 0 saturated heterocycles. The Morgan fingerprint density at radius 3 is 2.81 bits per heavy atom. The van der Waals surface area contributed by atoms with Gasteiger partial charge in [-0.1, -0.05) is 50.1 Å². The van der Waals surface area contributed by atoms with E-state index in [0.29, 0.717) is 16.1 Å². The van der Waals surface area contributed by atoms with Gasteiger partial charge in [-0.05, 0) is 38.3 Å². The minimum absolute atomic E-state index is 0.00340. The van der Waals surface area contributed by atoms with Gasteiger partial charge in [0.1, 0.15) is 0 Å². The Bertz CT molecular complexity index is 827. The average molecular weight is 374 g/mol. The second kappa shape index (κ2) is 8.71. The van der Waals surface area contributed by atoms with Crippen molar-refractivity contribution in [2.75, 3.05) is 5.75 Å². The fourth-order valence-corrected chi connectivity index (χ4v) is 4.54. The molecule has 0 unspecified atom stereocenters. The number of benzene rings is 1. The van der Waals surface area contributed by atoms with Crippen molar-refractivity contribution in [2.24, 2.45) is 0 Å². The average Bonchev–Trinajstić information content (AvgIpc) is 3.14. The summed E-state index contributed by atoms with van der Waals surface area (Å²) in [4.78, 5) is 30.0. The van der Waals surface area contributed by atoms with Crippen LogP contribution in [0.25, 0.3) is 10.9 Å². The minimum atomic E-state index is -0.00340. The van der Waals surface area contributed by atoms with Gasteiger partial charge in [-0.15, -0.1) is 0 Å². The van der Waals surface area contributed by atoms with E-state index < -0.39 is 0 Å². The lowest BCUT2D eigenvalue weighted by atomic mass is 10.2. The number of aromatic nitrogens is 2. The highest BCUT2D eigenvalue weighted by atomic mass is 32.2. The van der Waals surface area contributed by atoms with Gasteiger partial charge >= 0.3 is 0 Å². The SMILES string of the molecule is CCC[C@@H](C)NC(=O)CSc1nc2ccccc2c(=O)n1C1CCCC1. The molecule has 1 saturated carbocycles. The number of carbonyl (C=O) groups excluding carboxylic acids is 1. The number of hydrogen-bond acceptors (Lipinski definition) is 4. The first-order valence-electron chi connectivity index (χ1n) is 9.53. The van der Waals surface area contributed by atoms with Gasteiger partial charge in [0, 0.05) is 12.1 Å². The van der Waals surface area contributed by atoms with Crippen molar-refractivity contribution in [1.29, 1.82) is 0 Å². The van der Waals surface area contributed by atoms with Crippen LogP contribution >= 0.6 is 11.8 Å². The molecule has 0 radical (unpaired) electrons. The van der Waals surface area contributed by atoms with Gasteiger partial charge < -0.3 is 5.32 Å². The van der Waals surface area contributed by atoms with Crippen LogP contribution in [0.3, 0.4) is 0 Å². The molecule has 0 spiro atoms. The first-order valence-corrected chi connectivity index (χ1v) is 10.5. The Kier molecular flexibility index (Phi) is 6.35. The number of nitrogens with zero attached hydrogens (tertiary/aromatic N) is 2. The highest BCUT2D eigenvalue weighted by Crippen LogP contribution is 2.32. The van der Waals surface area contributed by atoms with Gasteiger partial charge in [0.05, 0.1) is 16.7 Å². The molecule has 0 bridgehead atoms. The molecule has 140 valence electrons. The quantitative estimate of drug-likeness (QED) is 0.590. The number of amides is 1. The summed E-state index contributed by atoms with van der Waals surface area (Å²) in [5, 5.41) is 4.34. The summed E-state index contributed by atoms with van der Waals surface area (Å²) in [5.41, 5.74) is 0.721.